The van der Waals surface area contributed by atoms with Gasteiger partial charge < -0.3 is 19.3 Å². The van der Waals surface area contributed by atoms with E-state index in [0.29, 0.717) is 42.6 Å². The molecule has 1 amide bonds. The quantitative estimate of drug-likeness (QED) is 0.622. The summed E-state index contributed by atoms with van der Waals surface area (Å²) in [6.07, 6.45) is 0.210. The first-order valence-electron chi connectivity index (χ1n) is 10.2. The fourth-order valence-corrected chi connectivity index (χ4v) is 5.11. The van der Waals surface area contributed by atoms with Crippen molar-refractivity contribution in [2.45, 2.75) is 26.3 Å². The molecule has 9 heteroatoms. The van der Waals surface area contributed by atoms with E-state index in [2.05, 4.69) is 4.99 Å². The van der Waals surface area contributed by atoms with Crippen LogP contribution in [0.1, 0.15) is 31.9 Å². The van der Waals surface area contributed by atoms with Crippen molar-refractivity contribution in [1.82, 2.24) is 9.80 Å². The van der Waals surface area contributed by atoms with Gasteiger partial charge in [-0.3, -0.25) is 4.79 Å². The number of allylic oxidation sites excluding steroid dienone is 1. The van der Waals surface area contributed by atoms with E-state index < -0.39 is 12.0 Å². The molecule has 3 aliphatic heterocycles. The Hall–Kier alpha value is -2.29. The number of thioether (sulfide) groups is 1. The van der Waals surface area contributed by atoms with Crippen LogP contribution in [0.25, 0.3) is 0 Å². The number of esters is 1. The van der Waals surface area contributed by atoms with Gasteiger partial charge in [-0.1, -0.05) is 41.6 Å². The summed E-state index contributed by atoms with van der Waals surface area (Å²) in [4.78, 5) is 34.3. The summed E-state index contributed by atoms with van der Waals surface area (Å²) in [5.74, 6) is -0.401. The third-order valence-corrected chi connectivity index (χ3v) is 6.62. The summed E-state index contributed by atoms with van der Waals surface area (Å²) >= 11 is 8.01. The first-order chi connectivity index (χ1) is 15.0. The number of carbonyl (C=O) groups is 2. The molecule has 1 aromatic carbocycles. The number of aliphatic imine (C=N–C) groups is 1. The van der Waals surface area contributed by atoms with Crippen LogP contribution in [0.4, 0.5) is 0 Å². The molecule has 0 saturated carbocycles. The van der Waals surface area contributed by atoms with E-state index in [1.165, 1.54) is 11.8 Å². The SMILES string of the molecule is CCOC(=O)C1=C(C)N=C2SC=C(CC(=O)N3CCOCC3)N2C1c1ccccc1Cl. The Bertz CT molecular complexity index is 985. The van der Waals surface area contributed by atoms with Crippen LogP contribution in [-0.2, 0) is 19.1 Å². The van der Waals surface area contributed by atoms with Gasteiger partial charge in [0.1, 0.15) is 0 Å². The first-order valence-corrected chi connectivity index (χ1v) is 11.5. The molecular weight excluding hydrogens is 438 g/mol. The second kappa shape index (κ2) is 9.46. The number of fused-ring (bicyclic) bond motifs is 1. The van der Waals surface area contributed by atoms with E-state index in [1.807, 2.05) is 33.4 Å². The number of morpholine rings is 1. The molecule has 7 nitrogen and oxygen atoms in total. The molecule has 3 heterocycles. The molecule has 0 radical (unpaired) electrons. The monoisotopic (exact) mass is 461 g/mol. The molecule has 1 fully saturated rings. The van der Waals surface area contributed by atoms with Gasteiger partial charge in [0.2, 0.25) is 5.91 Å². The van der Waals surface area contributed by atoms with E-state index in [0.717, 1.165) is 16.4 Å². The summed E-state index contributed by atoms with van der Waals surface area (Å²) in [5, 5.41) is 3.20. The van der Waals surface area contributed by atoms with Gasteiger partial charge in [0.15, 0.2) is 5.17 Å². The Morgan fingerprint density at radius 1 is 1.29 bits per heavy atom. The topological polar surface area (TPSA) is 71.4 Å². The van der Waals surface area contributed by atoms with Crippen molar-refractivity contribution < 1.29 is 19.1 Å². The lowest BCUT2D eigenvalue weighted by molar-refractivity contribution is -0.139. The summed E-state index contributed by atoms with van der Waals surface area (Å²) in [7, 11) is 0. The molecule has 3 aliphatic rings. The summed E-state index contributed by atoms with van der Waals surface area (Å²) in [5.41, 5.74) is 2.59. The molecule has 0 bridgehead atoms. The predicted octanol–water partition coefficient (Wildman–Crippen LogP) is 3.73. The number of hydrogen-bond donors (Lipinski definition) is 0. The standard InChI is InChI=1S/C22H24ClN3O4S/c1-3-30-21(28)19-14(2)24-22-26(20(19)16-6-4-5-7-17(16)23)15(13-31-22)12-18(27)25-8-10-29-11-9-25/h4-7,13,20H,3,8-12H2,1-2H3. The average molecular weight is 462 g/mol. The number of hydrogen-bond acceptors (Lipinski definition) is 7. The van der Waals surface area contributed by atoms with Crippen LogP contribution < -0.4 is 0 Å². The molecule has 164 valence electrons. The molecule has 0 N–H and O–H groups in total. The van der Waals surface area contributed by atoms with Crippen LogP contribution in [0, 0.1) is 0 Å². The van der Waals surface area contributed by atoms with Crippen molar-refractivity contribution in [3.63, 3.8) is 0 Å². The lowest BCUT2D eigenvalue weighted by atomic mass is 9.93. The number of amidine groups is 1. The van der Waals surface area contributed by atoms with Gasteiger partial charge in [0.05, 0.1) is 43.6 Å². The first kappa shape index (κ1) is 21.9. The number of benzene rings is 1. The minimum atomic E-state index is -0.515. The van der Waals surface area contributed by atoms with E-state index in [9.17, 15) is 9.59 Å². The molecule has 1 aromatic rings. The second-order valence-electron chi connectivity index (χ2n) is 7.30. The maximum Gasteiger partial charge on any atom is 0.338 e. The normalized spacial score (nSPS) is 20.9. The van der Waals surface area contributed by atoms with Crippen molar-refractivity contribution in [3.8, 4) is 0 Å². The van der Waals surface area contributed by atoms with E-state index in [4.69, 9.17) is 21.1 Å². The van der Waals surface area contributed by atoms with E-state index in [1.54, 1.807) is 19.9 Å². The Balaban J connectivity index is 1.71. The van der Waals surface area contributed by atoms with Crippen molar-refractivity contribution in [2.75, 3.05) is 32.9 Å². The highest BCUT2D eigenvalue weighted by Crippen LogP contribution is 2.46. The predicted molar refractivity (Wildman–Crippen MR) is 120 cm³/mol. The van der Waals surface area contributed by atoms with Crippen LogP contribution in [0.15, 0.2) is 51.6 Å². The molecule has 1 atom stereocenters. The lowest BCUT2D eigenvalue weighted by Gasteiger charge is -2.37. The van der Waals surface area contributed by atoms with Gasteiger partial charge in [0.25, 0.3) is 0 Å². The Labute approximate surface area is 190 Å². The van der Waals surface area contributed by atoms with Crippen LogP contribution in [-0.4, -0.2) is 59.8 Å². The van der Waals surface area contributed by atoms with Crippen molar-refractivity contribution >= 4 is 40.4 Å². The van der Waals surface area contributed by atoms with Gasteiger partial charge in [-0.15, -0.1) is 0 Å². The van der Waals surface area contributed by atoms with Gasteiger partial charge in [0, 0.05) is 23.8 Å². The summed E-state index contributed by atoms with van der Waals surface area (Å²) in [6, 6.07) is 6.91. The van der Waals surface area contributed by atoms with E-state index >= 15 is 0 Å². The zero-order valence-electron chi connectivity index (χ0n) is 17.5. The van der Waals surface area contributed by atoms with Gasteiger partial charge in [-0.25, -0.2) is 9.79 Å². The highest BCUT2D eigenvalue weighted by Gasteiger charge is 2.42. The number of carbonyl (C=O) groups excluding carboxylic acids is 2. The molecular formula is C22H24ClN3O4S. The van der Waals surface area contributed by atoms with Crippen LogP contribution in [0.5, 0.6) is 0 Å². The molecule has 1 unspecified atom stereocenters. The zero-order valence-corrected chi connectivity index (χ0v) is 19.0. The number of nitrogens with zero attached hydrogens (tertiary/aromatic N) is 3. The maximum absolute atomic E-state index is 12.9. The third-order valence-electron chi connectivity index (χ3n) is 5.39. The van der Waals surface area contributed by atoms with Crippen molar-refractivity contribution in [3.05, 3.63) is 57.2 Å². The zero-order chi connectivity index (χ0) is 22.0. The fourth-order valence-electron chi connectivity index (χ4n) is 3.91. The highest BCUT2D eigenvalue weighted by molar-refractivity contribution is 8.16. The third kappa shape index (κ3) is 4.37. The maximum atomic E-state index is 12.9. The Morgan fingerprint density at radius 3 is 2.74 bits per heavy atom. The number of rotatable bonds is 5. The van der Waals surface area contributed by atoms with E-state index in [-0.39, 0.29) is 18.9 Å². The van der Waals surface area contributed by atoms with Crippen LogP contribution in [0.2, 0.25) is 5.02 Å². The van der Waals surface area contributed by atoms with Crippen LogP contribution >= 0.6 is 23.4 Å². The minimum absolute atomic E-state index is 0.0262. The summed E-state index contributed by atoms with van der Waals surface area (Å²) < 4.78 is 10.7. The number of halogens is 1. The molecule has 31 heavy (non-hydrogen) atoms. The van der Waals surface area contributed by atoms with Crippen molar-refractivity contribution in [2.24, 2.45) is 4.99 Å². The minimum Gasteiger partial charge on any atom is -0.463 e. The molecule has 0 spiro atoms. The molecule has 4 rings (SSSR count). The molecule has 0 aliphatic carbocycles. The Kier molecular flexibility index (Phi) is 6.69. The largest absolute Gasteiger partial charge is 0.463 e. The summed E-state index contributed by atoms with van der Waals surface area (Å²) in [6.45, 7) is 6.10. The molecule has 0 aromatic heterocycles. The smallest absolute Gasteiger partial charge is 0.338 e. The second-order valence-corrected chi connectivity index (χ2v) is 8.55. The highest BCUT2D eigenvalue weighted by atomic mass is 35.5. The Morgan fingerprint density at radius 2 is 2.03 bits per heavy atom. The van der Waals surface area contributed by atoms with Gasteiger partial charge in [-0.2, -0.15) is 0 Å². The number of amides is 1. The molecule has 1 saturated heterocycles. The fraction of sp³-hybridized carbons (Fsp3) is 0.409. The lowest BCUT2D eigenvalue weighted by Crippen LogP contribution is -2.42. The van der Waals surface area contributed by atoms with Crippen molar-refractivity contribution in [1.29, 1.82) is 0 Å². The van der Waals surface area contributed by atoms with Gasteiger partial charge >= 0.3 is 5.97 Å². The van der Waals surface area contributed by atoms with Crippen LogP contribution in [0.3, 0.4) is 0 Å². The van der Waals surface area contributed by atoms with Gasteiger partial charge in [-0.05, 0) is 30.9 Å². The number of ether oxygens (including phenoxy) is 2. The average Bonchev–Trinajstić information content (AvgIpc) is 3.16.